The van der Waals surface area contributed by atoms with E-state index in [1.54, 1.807) is 6.08 Å². The molecule has 0 radical (unpaired) electrons. The minimum absolute atomic E-state index is 0.118. The molecule has 2 heteroatoms. The van der Waals surface area contributed by atoms with Crippen LogP contribution in [-0.4, -0.2) is 5.84 Å². The molecule has 0 aromatic heterocycles. The first kappa shape index (κ1) is 10.3. The van der Waals surface area contributed by atoms with Gasteiger partial charge in [-0.3, -0.25) is 5.41 Å². The Balaban J connectivity index is 2.72. The highest BCUT2D eigenvalue weighted by Crippen LogP contribution is 2.06. The van der Waals surface area contributed by atoms with Crippen LogP contribution in [-0.2, 0) is 0 Å². The number of nitrogens with one attached hydrogen (secondary N) is 1. The van der Waals surface area contributed by atoms with E-state index in [-0.39, 0.29) is 11.8 Å². The molecule has 0 spiro atoms. The summed E-state index contributed by atoms with van der Waals surface area (Å²) in [6, 6.07) is 9.90. The smallest absolute Gasteiger partial charge is 0.101 e. The Morgan fingerprint density at radius 1 is 1.36 bits per heavy atom. The Labute approximate surface area is 84.3 Å². The van der Waals surface area contributed by atoms with E-state index in [2.05, 4.69) is 6.58 Å². The predicted molar refractivity (Wildman–Crippen MR) is 61.1 cm³/mol. The third-order valence-corrected chi connectivity index (χ3v) is 1.91. The van der Waals surface area contributed by atoms with Crippen molar-refractivity contribution in [3.63, 3.8) is 0 Å². The second-order valence-corrected chi connectivity index (χ2v) is 2.99. The quantitative estimate of drug-likeness (QED) is 0.423. The minimum Gasteiger partial charge on any atom is -0.387 e. The summed E-state index contributed by atoms with van der Waals surface area (Å²) in [7, 11) is 0. The molecule has 1 atom stereocenters. The average Bonchev–Trinajstić information content (AvgIpc) is 2.20. The number of amidine groups is 1. The highest BCUT2D eigenvalue weighted by Gasteiger charge is 2.00. The van der Waals surface area contributed by atoms with E-state index in [9.17, 15) is 0 Å². The maximum absolute atomic E-state index is 7.27. The van der Waals surface area contributed by atoms with Gasteiger partial charge in [0.1, 0.15) is 5.84 Å². The fourth-order valence-electron chi connectivity index (χ4n) is 1.09. The van der Waals surface area contributed by atoms with Crippen molar-refractivity contribution in [3.05, 3.63) is 54.6 Å². The van der Waals surface area contributed by atoms with E-state index >= 15 is 0 Å². The second-order valence-electron chi connectivity index (χ2n) is 2.99. The lowest BCUT2D eigenvalue weighted by molar-refractivity contribution is 1.10. The summed E-state index contributed by atoms with van der Waals surface area (Å²) in [5, 5.41) is 7.27. The highest BCUT2D eigenvalue weighted by atomic mass is 14.7. The molecule has 1 aromatic carbocycles. The zero-order chi connectivity index (χ0) is 10.4. The van der Waals surface area contributed by atoms with Crippen molar-refractivity contribution in [3.8, 4) is 0 Å². The van der Waals surface area contributed by atoms with E-state index in [1.165, 1.54) is 0 Å². The SMILES string of the molecule is C=CC(C=Cc1ccccc1)C(=N)N. The van der Waals surface area contributed by atoms with E-state index < -0.39 is 0 Å². The van der Waals surface area contributed by atoms with Crippen molar-refractivity contribution < 1.29 is 0 Å². The fourth-order valence-corrected chi connectivity index (χ4v) is 1.09. The molecule has 0 saturated carbocycles. The number of nitrogens with two attached hydrogens (primary N) is 1. The van der Waals surface area contributed by atoms with Gasteiger partial charge in [0, 0.05) is 0 Å². The van der Waals surface area contributed by atoms with E-state index in [1.807, 2.05) is 42.5 Å². The normalized spacial score (nSPS) is 12.6. The van der Waals surface area contributed by atoms with Gasteiger partial charge in [-0.05, 0) is 5.56 Å². The van der Waals surface area contributed by atoms with Gasteiger partial charge in [-0.15, -0.1) is 6.58 Å². The Morgan fingerprint density at radius 3 is 2.50 bits per heavy atom. The first-order valence-electron chi connectivity index (χ1n) is 4.43. The van der Waals surface area contributed by atoms with Crippen molar-refractivity contribution >= 4 is 11.9 Å². The number of benzene rings is 1. The third-order valence-electron chi connectivity index (χ3n) is 1.91. The summed E-state index contributed by atoms with van der Waals surface area (Å²) in [6.07, 6.45) is 5.46. The van der Waals surface area contributed by atoms with Gasteiger partial charge in [0.15, 0.2) is 0 Å². The fraction of sp³-hybridized carbons (Fsp3) is 0.0833. The summed E-state index contributed by atoms with van der Waals surface area (Å²) in [5.41, 5.74) is 6.47. The van der Waals surface area contributed by atoms with Gasteiger partial charge < -0.3 is 5.73 Å². The predicted octanol–water partition coefficient (Wildman–Crippen LogP) is 2.44. The molecule has 1 aromatic rings. The van der Waals surface area contributed by atoms with Crippen LogP contribution < -0.4 is 5.73 Å². The van der Waals surface area contributed by atoms with Gasteiger partial charge in [-0.1, -0.05) is 48.6 Å². The summed E-state index contributed by atoms with van der Waals surface area (Å²) in [4.78, 5) is 0. The van der Waals surface area contributed by atoms with Crippen LogP contribution in [0.15, 0.2) is 49.1 Å². The number of hydrogen-bond acceptors (Lipinski definition) is 1. The number of rotatable bonds is 4. The zero-order valence-electron chi connectivity index (χ0n) is 7.98. The average molecular weight is 186 g/mol. The van der Waals surface area contributed by atoms with Crippen molar-refractivity contribution in [2.75, 3.05) is 0 Å². The maximum atomic E-state index is 7.27. The molecule has 0 bridgehead atoms. The van der Waals surface area contributed by atoms with Crippen molar-refractivity contribution in [1.29, 1.82) is 5.41 Å². The van der Waals surface area contributed by atoms with Gasteiger partial charge in [-0.2, -0.15) is 0 Å². The molecule has 0 saturated heterocycles. The van der Waals surface area contributed by atoms with E-state index in [0.717, 1.165) is 5.56 Å². The summed E-state index contributed by atoms with van der Waals surface area (Å²) in [6.45, 7) is 3.62. The highest BCUT2D eigenvalue weighted by molar-refractivity contribution is 5.84. The summed E-state index contributed by atoms with van der Waals surface area (Å²) < 4.78 is 0. The Bertz CT molecular complexity index is 339. The van der Waals surface area contributed by atoms with Crippen LogP contribution in [0.4, 0.5) is 0 Å². The molecule has 0 aliphatic carbocycles. The Hall–Kier alpha value is -1.83. The molecule has 0 fully saturated rings. The van der Waals surface area contributed by atoms with Gasteiger partial charge in [0.25, 0.3) is 0 Å². The molecule has 0 amide bonds. The van der Waals surface area contributed by atoms with Gasteiger partial charge in [-0.25, -0.2) is 0 Å². The molecule has 3 N–H and O–H groups in total. The van der Waals surface area contributed by atoms with E-state index in [0.29, 0.717) is 0 Å². The molecule has 0 aliphatic heterocycles. The van der Waals surface area contributed by atoms with Crippen molar-refractivity contribution in [2.45, 2.75) is 0 Å². The molecule has 2 nitrogen and oxygen atoms in total. The molecule has 0 heterocycles. The van der Waals surface area contributed by atoms with Gasteiger partial charge >= 0.3 is 0 Å². The lowest BCUT2D eigenvalue weighted by atomic mass is 10.1. The third kappa shape index (κ3) is 2.90. The number of hydrogen-bond donors (Lipinski definition) is 2. The minimum atomic E-state index is -0.171. The Kier molecular flexibility index (Phi) is 3.68. The summed E-state index contributed by atoms with van der Waals surface area (Å²) in [5.74, 6) is -0.0533. The van der Waals surface area contributed by atoms with Crippen LogP contribution in [0.3, 0.4) is 0 Å². The summed E-state index contributed by atoms with van der Waals surface area (Å²) >= 11 is 0. The molecule has 1 rings (SSSR count). The molecule has 72 valence electrons. The molecular weight excluding hydrogens is 172 g/mol. The Morgan fingerprint density at radius 2 is 2.00 bits per heavy atom. The van der Waals surface area contributed by atoms with Gasteiger partial charge in [0.2, 0.25) is 0 Å². The van der Waals surface area contributed by atoms with Gasteiger partial charge in [0.05, 0.1) is 5.92 Å². The zero-order valence-corrected chi connectivity index (χ0v) is 7.98. The van der Waals surface area contributed by atoms with Crippen molar-refractivity contribution in [2.24, 2.45) is 11.7 Å². The molecule has 14 heavy (non-hydrogen) atoms. The van der Waals surface area contributed by atoms with Crippen LogP contribution in [0.25, 0.3) is 6.08 Å². The lowest BCUT2D eigenvalue weighted by Crippen LogP contribution is -2.18. The van der Waals surface area contributed by atoms with Crippen LogP contribution >= 0.6 is 0 Å². The van der Waals surface area contributed by atoms with Crippen LogP contribution in [0.2, 0.25) is 0 Å². The second kappa shape index (κ2) is 5.02. The largest absolute Gasteiger partial charge is 0.387 e. The first-order chi connectivity index (χ1) is 6.74. The van der Waals surface area contributed by atoms with Crippen molar-refractivity contribution in [1.82, 2.24) is 0 Å². The molecule has 1 unspecified atom stereocenters. The molecule has 0 aliphatic rings. The topological polar surface area (TPSA) is 49.9 Å². The van der Waals surface area contributed by atoms with Crippen LogP contribution in [0.5, 0.6) is 0 Å². The maximum Gasteiger partial charge on any atom is 0.101 e. The molecular formula is C12H14N2. The first-order valence-corrected chi connectivity index (χ1v) is 4.43. The standard InChI is InChI=1S/C12H14N2/c1-2-11(12(13)14)9-8-10-6-4-3-5-7-10/h2-9,11H,1H2,(H3,13,14). The van der Waals surface area contributed by atoms with E-state index in [4.69, 9.17) is 11.1 Å². The van der Waals surface area contributed by atoms with Crippen LogP contribution in [0, 0.1) is 11.3 Å². The lowest BCUT2D eigenvalue weighted by Gasteiger charge is -2.03. The monoisotopic (exact) mass is 186 g/mol. The van der Waals surface area contributed by atoms with Crippen LogP contribution in [0.1, 0.15) is 5.56 Å².